The molecular weight excluding hydrogens is 1180 g/mol. The highest BCUT2D eigenvalue weighted by atomic mass is 35.5. The molecule has 94 heavy (non-hydrogen) atoms. The van der Waals surface area contributed by atoms with Gasteiger partial charge in [-0.05, 0) is 120 Å². The van der Waals surface area contributed by atoms with Crippen LogP contribution in [-0.2, 0) is 10.8 Å². The van der Waals surface area contributed by atoms with E-state index in [9.17, 15) is 10.0 Å². The number of benzene rings is 10. The molecule has 4 heterocycles. The molecule has 4 aromatic heterocycles. The van der Waals surface area contributed by atoms with Crippen molar-refractivity contribution in [2.45, 2.75) is 38.5 Å². The molecule has 0 fully saturated rings. The van der Waals surface area contributed by atoms with Gasteiger partial charge in [-0.25, -0.2) is 29.9 Å². The number of rotatable bonds is 10. The maximum atomic E-state index is 9.30. The molecule has 14 aromatic rings. The van der Waals surface area contributed by atoms with Crippen LogP contribution in [0.1, 0.15) is 49.9 Å². The first-order valence-corrected chi connectivity index (χ1v) is 31.6. The molecule has 0 spiro atoms. The molecule has 0 atom stereocenters. The van der Waals surface area contributed by atoms with Crippen LogP contribution in [-0.4, -0.2) is 57.0 Å². The Morgan fingerprint density at radius 2 is 0.617 bits per heavy atom. The standard InChI is InChI=1S/C41H30N4.C26H17ClN4.C15H15BO2/c1-41(2)36-16-7-6-15-34(36)35-22-21-31(25-37(35)41)30-12-8-13-32(24-30)40-44-38(28-10-4-3-5-11-28)43-39(45-40)29-19-17-27(18-20-29)33-14-9-23-42-26-33;27-23-10-4-8-21(16-23)26-30-24(19-6-2-1-3-7-19)29-25(31-26)20-13-11-18(12-14-20)22-9-5-15-28-17-22;1-15(2)13-6-4-3-5-11(13)12-8-7-10(16(17)18)9-14(12)15/h3-26H,1-2H3;1-17H;3-9,17-18H,1-2H3. The first-order chi connectivity index (χ1) is 45.8. The molecule has 12 heteroatoms. The Kier molecular flexibility index (Phi) is 16.6. The molecule has 10 nitrogen and oxygen atoms in total. The van der Waals surface area contributed by atoms with E-state index in [1.165, 1.54) is 44.5 Å². The number of hydrogen-bond donors (Lipinski definition) is 2. The van der Waals surface area contributed by atoms with E-state index in [1.807, 2.05) is 152 Å². The van der Waals surface area contributed by atoms with Crippen molar-refractivity contribution < 1.29 is 10.0 Å². The quantitative estimate of drug-likeness (QED) is 0.127. The zero-order chi connectivity index (χ0) is 64.3. The minimum absolute atomic E-state index is 0.0557. The fourth-order valence-corrected chi connectivity index (χ4v) is 12.8. The number of pyridine rings is 2. The van der Waals surface area contributed by atoms with Gasteiger partial charge in [-0.3, -0.25) is 9.97 Å². The first-order valence-electron chi connectivity index (χ1n) is 31.2. The van der Waals surface area contributed by atoms with Crippen LogP contribution in [0, 0.1) is 0 Å². The summed E-state index contributed by atoms with van der Waals surface area (Å²) >= 11 is 6.21. The van der Waals surface area contributed by atoms with Gasteiger partial charge < -0.3 is 10.0 Å². The maximum Gasteiger partial charge on any atom is 0.488 e. The molecule has 0 saturated carbocycles. The van der Waals surface area contributed by atoms with Gasteiger partial charge in [0.2, 0.25) is 0 Å². The summed E-state index contributed by atoms with van der Waals surface area (Å²) < 4.78 is 0. The Morgan fingerprint density at radius 3 is 1.07 bits per heavy atom. The fraction of sp³-hybridized carbons (Fsp3) is 0.0732. The van der Waals surface area contributed by atoms with E-state index in [1.54, 1.807) is 18.5 Å². The summed E-state index contributed by atoms with van der Waals surface area (Å²) in [5.41, 5.74) is 22.8. The van der Waals surface area contributed by atoms with Gasteiger partial charge in [-0.1, -0.05) is 270 Å². The Labute approximate surface area is 552 Å². The highest BCUT2D eigenvalue weighted by Crippen LogP contribution is 2.50. The third-order valence-electron chi connectivity index (χ3n) is 17.6. The van der Waals surface area contributed by atoms with Crippen LogP contribution in [0.5, 0.6) is 0 Å². The Bertz CT molecular complexity index is 5060. The third-order valence-corrected chi connectivity index (χ3v) is 17.9. The van der Waals surface area contributed by atoms with Gasteiger partial charge in [0.15, 0.2) is 34.9 Å². The van der Waals surface area contributed by atoms with Gasteiger partial charge in [0, 0.05) is 74.0 Å². The van der Waals surface area contributed by atoms with Crippen molar-refractivity contribution in [3.05, 3.63) is 319 Å². The lowest BCUT2D eigenvalue weighted by Gasteiger charge is -2.22. The molecule has 0 aliphatic heterocycles. The average Bonchev–Trinajstić information content (AvgIpc) is 1.59. The Hall–Kier alpha value is -11.2. The van der Waals surface area contributed by atoms with E-state index in [4.69, 9.17) is 41.5 Å². The molecule has 2 aliphatic carbocycles. The lowest BCUT2D eigenvalue weighted by atomic mass is 9.75. The van der Waals surface area contributed by atoms with E-state index >= 15 is 0 Å². The topological polar surface area (TPSA) is 144 Å². The smallest absolute Gasteiger partial charge is 0.423 e. The van der Waals surface area contributed by atoms with Crippen molar-refractivity contribution in [2.75, 3.05) is 0 Å². The maximum absolute atomic E-state index is 9.30. The Balaban J connectivity index is 0.000000134. The summed E-state index contributed by atoms with van der Waals surface area (Å²) in [6.07, 6.45) is 7.28. The lowest BCUT2D eigenvalue weighted by Crippen LogP contribution is -2.31. The number of halogens is 1. The average molecular weight is 1240 g/mol. The molecular formula is C82H62BClN8O2. The van der Waals surface area contributed by atoms with Crippen molar-refractivity contribution in [3.63, 3.8) is 0 Å². The summed E-state index contributed by atoms with van der Waals surface area (Å²) in [4.78, 5) is 37.6. The predicted octanol–water partition coefficient (Wildman–Crippen LogP) is 18.2. The van der Waals surface area contributed by atoms with E-state index in [-0.39, 0.29) is 10.8 Å². The number of hydrogen-bond acceptors (Lipinski definition) is 10. The SMILES string of the molecule is CC1(C)c2ccccc2-c2ccc(-c3cccc(-c4nc(-c5ccccc5)nc(-c5ccc(-c6cccnc6)cc5)n4)c3)cc21.CC1(C)c2ccccc2-c2ccc(B(O)O)cc21.Clc1cccc(-c2nc(-c3ccccc3)nc(-c3ccc(-c4cccnc4)cc3)n2)c1. The summed E-state index contributed by atoms with van der Waals surface area (Å²) in [5.74, 6) is 3.75. The number of nitrogens with zero attached hydrogens (tertiary/aromatic N) is 8. The van der Waals surface area contributed by atoms with Gasteiger partial charge >= 0.3 is 7.12 Å². The van der Waals surface area contributed by atoms with E-state index in [2.05, 4.69) is 159 Å². The van der Waals surface area contributed by atoms with Crippen LogP contribution in [0.15, 0.2) is 292 Å². The van der Waals surface area contributed by atoms with Gasteiger partial charge in [-0.15, -0.1) is 0 Å². The van der Waals surface area contributed by atoms with Crippen molar-refractivity contribution in [3.8, 4) is 124 Å². The summed E-state index contributed by atoms with van der Waals surface area (Å²) in [5, 5.41) is 19.2. The van der Waals surface area contributed by atoms with Gasteiger partial charge in [0.05, 0.1) is 0 Å². The lowest BCUT2D eigenvalue weighted by molar-refractivity contribution is 0.425. The second-order valence-electron chi connectivity index (χ2n) is 24.4. The van der Waals surface area contributed by atoms with Crippen molar-refractivity contribution in [1.82, 2.24) is 39.9 Å². The van der Waals surface area contributed by atoms with Crippen LogP contribution in [0.25, 0.3) is 124 Å². The van der Waals surface area contributed by atoms with Crippen LogP contribution >= 0.6 is 11.6 Å². The van der Waals surface area contributed by atoms with Gasteiger partial charge in [0.25, 0.3) is 0 Å². The number of aromatic nitrogens is 8. The predicted molar refractivity (Wildman–Crippen MR) is 381 cm³/mol. The van der Waals surface area contributed by atoms with Gasteiger partial charge in [-0.2, -0.15) is 0 Å². The first kappa shape index (κ1) is 60.4. The highest BCUT2D eigenvalue weighted by Gasteiger charge is 2.37. The van der Waals surface area contributed by atoms with E-state index in [0.29, 0.717) is 45.4 Å². The minimum atomic E-state index is -1.41. The van der Waals surface area contributed by atoms with Crippen LogP contribution in [0.3, 0.4) is 0 Å². The van der Waals surface area contributed by atoms with Crippen molar-refractivity contribution in [1.29, 1.82) is 0 Å². The fourth-order valence-electron chi connectivity index (χ4n) is 12.6. The second kappa shape index (κ2) is 25.8. The normalized spacial score (nSPS) is 12.6. The molecule has 16 rings (SSSR count). The minimum Gasteiger partial charge on any atom is -0.423 e. The number of fused-ring (bicyclic) bond motifs is 6. The highest BCUT2D eigenvalue weighted by molar-refractivity contribution is 6.58. The zero-order valence-electron chi connectivity index (χ0n) is 52.1. The molecule has 0 bridgehead atoms. The molecule has 0 unspecified atom stereocenters. The van der Waals surface area contributed by atoms with E-state index in [0.717, 1.165) is 66.8 Å². The summed E-state index contributed by atoms with van der Waals surface area (Å²) in [6, 6.07) is 90.1. The molecule has 452 valence electrons. The van der Waals surface area contributed by atoms with Crippen molar-refractivity contribution in [2.24, 2.45) is 0 Å². The van der Waals surface area contributed by atoms with Crippen LogP contribution in [0.4, 0.5) is 0 Å². The van der Waals surface area contributed by atoms with Crippen LogP contribution in [0.2, 0.25) is 5.02 Å². The second-order valence-corrected chi connectivity index (χ2v) is 24.8. The summed E-state index contributed by atoms with van der Waals surface area (Å²) in [7, 11) is -1.41. The van der Waals surface area contributed by atoms with Crippen molar-refractivity contribution >= 4 is 24.2 Å². The molecule has 0 amide bonds. The monoisotopic (exact) mass is 1240 g/mol. The largest absolute Gasteiger partial charge is 0.488 e. The third kappa shape index (κ3) is 12.3. The van der Waals surface area contributed by atoms with Crippen LogP contribution < -0.4 is 5.46 Å². The molecule has 2 N–H and O–H groups in total. The summed E-state index contributed by atoms with van der Waals surface area (Å²) in [6.45, 7) is 8.98. The molecule has 0 saturated heterocycles. The molecule has 10 aromatic carbocycles. The van der Waals surface area contributed by atoms with E-state index < -0.39 is 7.12 Å². The molecule has 2 aliphatic rings. The zero-order valence-corrected chi connectivity index (χ0v) is 52.9. The molecule has 0 radical (unpaired) electrons. The Morgan fingerprint density at radius 1 is 0.277 bits per heavy atom. The van der Waals surface area contributed by atoms with Gasteiger partial charge in [0.1, 0.15) is 0 Å².